The molecule has 3 heterocycles. The number of anilines is 2. The SMILES string of the molecule is CCC(=O)Nc1ccc(N2C(=S)NC(c3ccccn3)C2c2cc(C)n(-c3ccc(OC)cc3[N+](=O)[O-])c2C)cc1OC. The number of nitrogens with zero attached hydrogens (tertiary/aromatic N) is 4. The molecule has 0 radical (unpaired) electrons. The Morgan fingerprint density at radius 2 is 1.91 bits per heavy atom. The molecule has 222 valence electrons. The normalized spacial score (nSPS) is 16.1. The van der Waals surface area contributed by atoms with E-state index in [2.05, 4.69) is 15.6 Å². The lowest BCUT2D eigenvalue weighted by atomic mass is 9.96. The predicted molar refractivity (Wildman–Crippen MR) is 168 cm³/mol. The molecule has 11 nitrogen and oxygen atoms in total. The Hall–Kier alpha value is -4.97. The Morgan fingerprint density at radius 3 is 2.56 bits per heavy atom. The van der Waals surface area contributed by atoms with Gasteiger partial charge in [-0.2, -0.15) is 0 Å². The summed E-state index contributed by atoms with van der Waals surface area (Å²) in [4.78, 5) is 30.4. The second-order valence-electron chi connectivity index (χ2n) is 10.1. The van der Waals surface area contributed by atoms with E-state index in [-0.39, 0.29) is 23.7 Å². The van der Waals surface area contributed by atoms with Crippen LogP contribution in [-0.4, -0.2) is 39.7 Å². The highest BCUT2D eigenvalue weighted by Gasteiger charge is 2.42. The van der Waals surface area contributed by atoms with Gasteiger partial charge in [-0.25, -0.2) is 0 Å². The highest BCUT2D eigenvalue weighted by Crippen LogP contribution is 2.45. The fraction of sp³-hybridized carbons (Fsp3) is 0.258. The average molecular weight is 601 g/mol. The second-order valence-corrected chi connectivity index (χ2v) is 10.4. The summed E-state index contributed by atoms with van der Waals surface area (Å²) in [6.07, 6.45) is 2.07. The number of rotatable bonds is 9. The zero-order chi connectivity index (χ0) is 30.8. The maximum Gasteiger partial charge on any atom is 0.296 e. The van der Waals surface area contributed by atoms with Gasteiger partial charge in [-0.3, -0.25) is 19.9 Å². The van der Waals surface area contributed by atoms with Gasteiger partial charge in [-0.15, -0.1) is 0 Å². The Labute approximate surface area is 254 Å². The zero-order valence-electron chi connectivity index (χ0n) is 24.5. The van der Waals surface area contributed by atoms with Crippen molar-refractivity contribution in [3.8, 4) is 17.2 Å². The molecule has 2 N–H and O–H groups in total. The van der Waals surface area contributed by atoms with Gasteiger partial charge in [0.25, 0.3) is 5.69 Å². The van der Waals surface area contributed by atoms with Crippen LogP contribution in [0.2, 0.25) is 0 Å². The molecule has 0 spiro atoms. The maximum absolute atomic E-state index is 12.1. The summed E-state index contributed by atoms with van der Waals surface area (Å²) < 4.78 is 12.8. The molecule has 0 aliphatic carbocycles. The number of benzene rings is 2. The van der Waals surface area contributed by atoms with Crippen LogP contribution in [0.5, 0.6) is 11.5 Å². The summed E-state index contributed by atoms with van der Waals surface area (Å²) in [5, 5.41) is 18.9. The lowest BCUT2D eigenvalue weighted by molar-refractivity contribution is -0.384. The van der Waals surface area contributed by atoms with E-state index >= 15 is 0 Å². The lowest BCUT2D eigenvalue weighted by Crippen LogP contribution is -2.29. The summed E-state index contributed by atoms with van der Waals surface area (Å²) in [5.41, 5.74) is 4.98. The van der Waals surface area contributed by atoms with Crippen LogP contribution < -0.4 is 25.0 Å². The quantitative estimate of drug-likeness (QED) is 0.136. The van der Waals surface area contributed by atoms with E-state index in [9.17, 15) is 14.9 Å². The number of nitro benzene ring substituents is 1. The number of methoxy groups -OCH3 is 2. The smallest absolute Gasteiger partial charge is 0.296 e. The highest BCUT2D eigenvalue weighted by atomic mass is 32.1. The van der Waals surface area contributed by atoms with Gasteiger partial charge in [-0.1, -0.05) is 13.0 Å². The van der Waals surface area contributed by atoms with Crippen LogP contribution in [0.25, 0.3) is 5.69 Å². The van der Waals surface area contributed by atoms with Gasteiger partial charge in [0.2, 0.25) is 5.91 Å². The minimum absolute atomic E-state index is 0.0691. The molecule has 1 saturated heterocycles. The summed E-state index contributed by atoms with van der Waals surface area (Å²) in [6, 6.07) is 17.4. The molecule has 1 aliphatic rings. The van der Waals surface area contributed by atoms with Crippen molar-refractivity contribution in [1.29, 1.82) is 0 Å². The third kappa shape index (κ3) is 5.48. The Bertz CT molecular complexity index is 1710. The number of nitrogens with one attached hydrogen (secondary N) is 2. The first-order valence-corrected chi connectivity index (χ1v) is 14.1. The minimum atomic E-state index is -0.406. The molecule has 1 amide bonds. The first-order valence-electron chi connectivity index (χ1n) is 13.7. The van der Waals surface area contributed by atoms with Crippen LogP contribution in [0.15, 0.2) is 66.9 Å². The van der Waals surface area contributed by atoms with Crippen LogP contribution in [0.4, 0.5) is 17.1 Å². The van der Waals surface area contributed by atoms with Gasteiger partial charge in [-0.05, 0) is 74.1 Å². The third-order valence-electron chi connectivity index (χ3n) is 7.57. The van der Waals surface area contributed by atoms with Crippen LogP contribution in [-0.2, 0) is 4.79 Å². The van der Waals surface area contributed by atoms with E-state index in [4.69, 9.17) is 21.7 Å². The van der Waals surface area contributed by atoms with Gasteiger partial charge in [0.1, 0.15) is 17.2 Å². The number of aryl methyl sites for hydroxylation is 1. The molecule has 0 bridgehead atoms. The topological polar surface area (TPSA) is 124 Å². The van der Waals surface area contributed by atoms with E-state index in [0.717, 1.165) is 28.3 Å². The highest BCUT2D eigenvalue weighted by molar-refractivity contribution is 7.80. The monoisotopic (exact) mass is 600 g/mol. The molecule has 4 aromatic rings. The Morgan fingerprint density at radius 1 is 1.12 bits per heavy atom. The second kappa shape index (κ2) is 12.1. The molecule has 43 heavy (non-hydrogen) atoms. The van der Waals surface area contributed by atoms with Crippen LogP contribution >= 0.6 is 12.2 Å². The van der Waals surface area contributed by atoms with Crippen molar-refractivity contribution in [1.82, 2.24) is 14.9 Å². The number of hydrogen-bond acceptors (Lipinski definition) is 7. The predicted octanol–water partition coefficient (Wildman–Crippen LogP) is 5.94. The largest absolute Gasteiger partial charge is 0.496 e. The number of thiocarbonyl (C=S) groups is 1. The number of hydrogen-bond donors (Lipinski definition) is 2. The molecular formula is C31H32N6O5S. The lowest BCUT2D eigenvalue weighted by Gasteiger charge is -2.29. The van der Waals surface area contributed by atoms with E-state index in [0.29, 0.717) is 34.4 Å². The van der Waals surface area contributed by atoms with Gasteiger partial charge in [0.05, 0.1) is 48.7 Å². The third-order valence-corrected chi connectivity index (χ3v) is 7.88. The molecule has 1 aliphatic heterocycles. The van der Waals surface area contributed by atoms with Crippen molar-refractivity contribution in [2.24, 2.45) is 0 Å². The fourth-order valence-corrected chi connectivity index (χ4v) is 5.89. The van der Waals surface area contributed by atoms with Gasteiger partial charge in [0, 0.05) is 35.8 Å². The summed E-state index contributed by atoms with van der Waals surface area (Å²) in [6.45, 7) is 5.64. The molecule has 2 unspecified atom stereocenters. The fourth-order valence-electron chi connectivity index (χ4n) is 5.54. The number of pyridine rings is 1. The average Bonchev–Trinajstić information content (AvgIpc) is 3.51. The summed E-state index contributed by atoms with van der Waals surface area (Å²) >= 11 is 5.90. The van der Waals surface area contributed by atoms with Crippen molar-refractivity contribution in [3.63, 3.8) is 0 Å². The van der Waals surface area contributed by atoms with Crippen LogP contribution in [0, 0.1) is 24.0 Å². The van der Waals surface area contributed by atoms with Crippen LogP contribution in [0.1, 0.15) is 48.1 Å². The molecule has 2 atom stereocenters. The molecule has 2 aromatic carbocycles. The number of carbonyl (C=O) groups excluding carboxylic acids is 1. The number of carbonyl (C=O) groups is 1. The molecular weight excluding hydrogens is 568 g/mol. The van der Waals surface area contributed by atoms with Gasteiger partial charge in [0.15, 0.2) is 5.11 Å². The van der Waals surface area contributed by atoms with E-state index in [1.54, 1.807) is 38.4 Å². The van der Waals surface area contributed by atoms with Gasteiger partial charge >= 0.3 is 0 Å². The molecule has 1 fully saturated rings. The van der Waals surface area contributed by atoms with Crippen molar-refractivity contribution >= 4 is 40.3 Å². The number of aromatic nitrogens is 2. The first-order chi connectivity index (χ1) is 20.7. The molecule has 0 saturated carbocycles. The van der Waals surface area contributed by atoms with Crippen LogP contribution in [0.3, 0.4) is 0 Å². The number of amides is 1. The molecule has 2 aromatic heterocycles. The van der Waals surface area contributed by atoms with E-state index in [1.165, 1.54) is 13.2 Å². The summed E-state index contributed by atoms with van der Waals surface area (Å²) in [5.74, 6) is 0.761. The standard InChI is InChI=1S/C31H32N6O5S/c1-6-28(38)33-23-12-10-20(16-27(23)42-5)36-30(29(34-31(36)43)24-9-7-8-14-32-24)22-15-18(2)35(19(22)3)25-13-11-21(41-4)17-26(25)37(39)40/h7-17,29-30H,6H2,1-5H3,(H,33,38)(H,34,43). The first kappa shape index (κ1) is 29.5. The number of nitro groups is 1. The van der Waals surface area contributed by atoms with Crippen molar-refractivity contribution in [2.45, 2.75) is 39.3 Å². The van der Waals surface area contributed by atoms with E-state index in [1.807, 2.05) is 59.7 Å². The number of ether oxygens (including phenoxy) is 2. The van der Waals surface area contributed by atoms with Gasteiger partial charge < -0.3 is 29.6 Å². The molecule has 12 heteroatoms. The zero-order valence-corrected chi connectivity index (χ0v) is 25.3. The Kier molecular flexibility index (Phi) is 8.31. The summed E-state index contributed by atoms with van der Waals surface area (Å²) in [7, 11) is 3.02. The van der Waals surface area contributed by atoms with E-state index < -0.39 is 4.92 Å². The van der Waals surface area contributed by atoms with Crippen molar-refractivity contribution in [2.75, 3.05) is 24.4 Å². The minimum Gasteiger partial charge on any atom is -0.496 e. The maximum atomic E-state index is 12.1. The van der Waals surface area contributed by atoms with Crippen molar-refractivity contribution < 1.29 is 19.2 Å². The Balaban J connectivity index is 1.68. The molecule has 5 rings (SSSR count). The van der Waals surface area contributed by atoms with Crippen molar-refractivity contribution in [3.05, 3.63) is 99.6 Å².